The molecule has 0 radical (unpaired) electrons. The van der Waals surface area contributed by atoms with Crippen LogP contribution >= 0.6 is 0 Å². The smallest absolute Gasteiger partial charge is 0.336 e. The van der Waals surface area contributed by atoms with Gasteiger partial charge >= 0.3 is 11.6 Å². The van der Waals surface area contributed by atoms with Gasteiger partial charge in [-0.25, -0.2) is 9.59 Å². The lowest BCUT2D eigenvalue weighted by atomic mass is 10.0. The lowest BCUT2D eigenvalue weighted by Gasteiger charge is -2.17. The third-order valence-corrected chi connectivity index (χ3v) is 3.95. The van der Waals surface area contributed by atoms with Crippen LogP contribution in [0.4, 0.5) is 0 Å². The van der Waals surface area contributed by atoms with Gasteiger partial charge in [0, 0.05) is 29.5 Å². The normalized spacial score (nSPS) is 17.9. The molecule has 0 saturated carbocycles. The highest BCUT2D eigenvalue weighted by atomic mass is 16.5. The number of aliphatic hydroxyl groups excluding tert-OH is 1. The number of hydrogen-bond acceptors (Lipinski definition) is 6. The Bertz CT molecular complexity index is 908. The number of ether oxygens (including phenoxy) is 2. The van der Waals surface area contributed by atoms with Crippen LogP contribution in [0.25, 0.3) is 11.0 Å². The monoisotopic (exact) mass is 342 g/mol. The lowest BCUT2D eigenvalue weighted by molar-refractivity contribution is -0.139. The van der Waals surface area contributed by atoms with E-state index in [-0.39, 0.29) is 12.6 Å². The fourth-order valence-corrected chi connectivity index (χ4v) is 2.53. The summed E-state index contributed by atoms with van der Waals surface area (Å²) in [7, 11) is 0. The highest BCUT2D eigenvalue weighted by molar-refractivity contribution is 5.90. The molecular weight excluding hydrogens is 324 g/mol. The van der Waals surface area contributed by atoms with E-state index in [0.29, 0.717) is 28.9 Å². The molecule has 1 N–H and O–H groups in total. The zero-order valence-electron chi connectivity index (χ0n) is 13.7. The fraction of sp³-hybridized carbons (Fsp3) is 0.263. The maximum Gasteiger partial charge on any atom is 0.336 e. The average molecular weight is 342 g/mol. The van der Waals surface area contributed by atoms with E-state index in [1.165, 1.54) is 6.07 Å². The number of cyclic esters (lactones) is 1. The van der Waals surface area contributed by atoms with Crippen molar-refractivity contribution < 1.29 is 23.8 Å². The van der Waals surface area contributed by atoms with Gasteiger partial charge in [0.1, 0.15) is 30.1 Å². The van der Waals surface area contributed by atoms with Crippen LogP contribution < -0.4 is 10.4 Å². The van der Waals surface area contributed by atoms with Crippen LogP contribution in [0, 0.1) is 0 Å². The Labute approximate surface area is 144 Å². The second-order valence-electron chi connectivity index (χ2n) is 5.94. The Balaban J connectivity index is 1.58. The molecule has 6 nitrogen and oxygen atoms in total. The summed E-state index contributed by atoms with van der Waals surface area (Å²) in [4.78, 5) is 22.6. The summed E-state index contributed by atoms with van der Waals surface area (Å²) in [6, 6.07) is 8.10. The molecule has 0 saturated heterocycles. The van der Waals surface area contributed by atoms with E-state index in [2.05, 4.69) is 6.58 Å². The third-order valence-electron chi connectivity index (χ3n) is 3.95. The van der Waals surface area contributed by atoms with Crippen molar-refractivity contribution in [1.82, 2.24) is 0 Å². The topological polar surface area (TPSA) is 86.0 Å². The third kappa shape index (κ3) is 3.97. The maximum absolute atomic E-state index is 11.3. The standard InChI is InChI=1S/C19H18O6/c1-11(7-15-8-12(2)19(22)24-15)16(20)10-23-14-5-3-13-4-6-18(21)25-17(13)9-14/h3-6,8-9,15-16,20H,1,7,10H2,2H3/t15-,16+/m1/s1. The Hall–Kier alpha value is -2.86. The Kier molecular flexibility index (Phi) is 4.72. The SMILES string of the molecule is C=C(C[C@@H]1C=C(C)C(=O)O1)[C@@H](O)COc1ccc2ccc(=O)oc2c1. The van der Waals surface area contributed by atoms with Gasteiger partial charge in [0.25, 0.3) is 0 Å². The second kappa shape index (κ2) is 6.94. The van der Waals surface area contributed by atoms with Gasteiger partial charge in [-0.1, -0.05) is 6.58 Å². The summed E-state index contributed by atoms with van der Waals surface area (Å²) < 4.78 is 15.8. The minimum absolute atomic E-state index is 0.00916. The number of hydrogen-bond donors (Lipinski definition) is 1. The Morgan fingerprint density at radius 1 is 1.32 bits per heavy atom. The van der Waals surface area contributed by atoms with Gasteiger partial charge in [-0.3, -0.25) is 0 Å². The number of benzene rings is 1. The number of aliphatic hydroxyl groups is 1. The minimum atomic E-state index is -0.911. The summed E-state index contributed by atoms with van der Waals surface area (Å²) in [5, 5.41) is 10.9. The van der Waals surface area contributed by atoms with E-state index >= 15 is 0 Å². The molecule has 25 heavy (non-hydrogen) atoms. The van der Waals surface area contributed by atoms with Crippen LogP contribution in [0.2, 0.25) is 0 Å². The van der Waals surface area contributed by atoms with Crippen molar-refractivity contribution in [2.45, 2.75) is 25.6 Å². The fourth-order valence-electron chi connectivity index (χ4n) is 2.53. The molecule has 1 aromatic heterocycles. The zero-order chi connectivity index (χ0) is 18.0. The molecule has 0 bridgehead atoms. The van der Waals surface area contributed by atoms with Gasteiger partial charge in [0.15, 0.2) is 0 Å². The summed E-state index contributed by atoms with van der Waals surface area (Å²) in [6.45, 7) is 5.51. The predicted octanol–water partition coefficient (Wildman–Crippen LogP) is 2.35. The predicted molar refractivity (Wildman–Crippen MR) is 91.4 cm³/mol. The number of carbonyl (C=O) groups is 1. The average Bonchev–Trinajstić information content (AvgIpc) is 2.89. The zero-order valence-corrected chi connectivity index (χ0v) is 13.7. The molecule has 1 aromatic carbocycles. The molecule has 0 aliphatic carbocycles. The number of fused-ring (bicyclic) bond motifs is 1. The molecule has 6 heteroatoms. The molecule has 2 atom stereocenters. The van der Waals surface area contributed by atoms with Crippen LogP contribution in [-0.2, 0) is 9.53 Å². The quantitative estimate of drug-likeness (QED) is 0.493. The lowest BCUT2D eigenvalue weighted by Crippen LogP contribution is -2.22. The second-order valence-corrected chi connectivity index (χ2v) is 5.94. The van der Waals surface area contributed by atoms with Crippen molar-refractivity contribution in [3.8, 4) is 5.75 Å². The largest absolute Gasteiger partial charge is 0.490 e. The molecule has 1 aliphatic rings. The van der Waals surface area contributed by atoms with Crippen molar-refractivity contribution in [1.29, 1.82) is 0 Å². The number of esters is 1. The van der Waals surface area contributed by atoms with E-state index < -0.39 is 17.8 Å². The highest BCUT2D eigenvalue weighted by Gasteiger charge is 2.24. The molecule has 0 fully saturated rings. The van der Waals surface area contributed by atoms with Crippen molar-refractivity contribution in [3.05, 3.63) is 64.6 Å². The van der Waals surface area contributed by atoms with Gasteiger partial charge in [0.05, 0.1) is 0 Å². The highest BCUT2D eigenvalue weighted by Crippen LogP contribution is 2.22. The first-order valence-electron chi connectivity index (χ1n) is 7.84. The van der Waals surface area contributed by atoms with Crippen LogP contribution in [0.15, 0.2) is 63.3 Å². The van der Waals surface area contributed by atoms with Crippen LogP contribution in [0.5, 0.6) is 5.75 Å². The molecule has 0 unspecified atom stereocenters. The number of rotatable bonds is 6. The molecule has 0 spiro atoms. The van der Waals surface area contributed by atoms with E-state index in [0.717, 1.165) is 5.39 Å². The molecule has 2 aromatic rings. The summed E-state index contributed by atoms with van der Waals surface area (Å²) >= 11 is 0. The van der Waals surface area contributed by atoms with Crippen molar-refractivity contribution >= 4 is 16.9 Å². The Morgan fingerprint density at radius 3 is 2.80 bits per heavy atom. The van der Waals surface area contributed by atoms with E-state index in [1.807, 2.05) is 0 Å². The summed E-state index contributed by atoms with van der Waals surface area (Å²) in [5.74, 6) is 0.123. The van der Waals surface area contributed by atoms with Crippen LogP contribution in [-0.4, -0.2) is 29.9 Å². The first-order valence-corrected chi connectivity index (χ1v) is 7.84. The van der Waals surface area contributed by atoms with Crippen molar-refractivity contribution in [2.24, 2.45) is 0 Å². The molecule has 3 rings (SSSR count). The van der Waals surface area contributed by atoms with Crippen LogP contribution in [0.3, 0.4) is 0 Å². The summed E-state index contributed by atoms with van der Waals surface area (Å²) in [6.07, 6.45) is 0.739. The van der Waals surface area contributed by atoms with E-state index in [4.69, 9.17) is 13.9 Å². The molecule has 130 valence electrons. The molecule has 1 aliphatic heterocycles. The molecular formula is C19H18O6. The Morgan fingerprint density at radius 2 is 2.08 bits per heavy atom. The first-order chi connectivity index (χ1) is 11.9. The van der Waals surface area contributed by atoms with E-state index in [1.54, 1.807) is 37.3 Å². The van der Waals surface area contributed by atoms with Gasteiger partial charge in [0.2, 0.25) is 0 Å². The van der Waals surface area contributed by atoms with Gasteiger partial charge < -0.3 is 19.0 Å². The number of carbonyl (C=O) groups excluding carboxylic acids is 1. The van der Waals surface area contributed by atoms with Crippen molar-refractivity contribution in [3.63, 3.8) is 0 Å². The van der Waals surface area contributed by atoms with Gasteiger partial charge in [-0.2, -0.15) is 0 Å². The summed E-state index contributed by atoms with van der Waals surface area (Å²) in [5.41, 5.74) is 1.04. The van der Waals surface area contributed by atoms with Gasteiger partial charge in [-0.15, -0.1) is 0 Å². The molecule has 2 heterocycles. The molecule has 0 amide bonds. The van der Waals surface area contributed by atoms with Crippen molar-refractivity contribution in [2.75, 3.05) is 6.61 Å². The van der Waals surface area contributed by atoms with Crippen LogP contribution in [0.1, 0.15) is 13.3 Å². The van der Waals surface area contributed by atoms with E-state index in [9.17, 15) is 14.7 Å². The first kappa shape index (κ1) is 17.0. The maximum atomic E-state index is 11.3. The van der Waals surface area contributed by atoms with Gasteiger partial charge in [-0.05, 0) is 36.8 Å². The minimum Gasteiger partial charge on any atom is -0.490 e.